The number of thioether (sulfide) groups is 1. The van der Waals surface area contributed by atoms with Crippen molar-refractivity contribution in [1.82, 2.24) is 4.90 Å². The van der Waals surface area contributed by atoms with Crippen molar-refractivity contribution in [3.8, 4) is 0 Å². The first-order valence-electron chi connectivity index (χ1n) is 7.37. The van der Waals surface area contributed by atoms with Crippen LogP contribution >= 0.6 is 23.1 Å². The summed E-state index contributed by atoms with van der Waals surface area (Å²) in [5.41, 5.74) is 3.01. The summed E-state index contributed by atoms with van der Waals surface area (Å²) in [7, 11) is 0. The van der Waals surface area contributed by atoms with Crippen LogP contribution in [0.5, 0.6) is 0 Å². The molecule has 0 radical (unpaired) electrons. The molecule has 1 aromatic carbocycles. The number of nitrogens with zero attached hydrogens (tertiary/aromatic N) is 1. The van der Waals surface area contributed by atoms with E-state index in [9.17, 15) is 9.59 Å². The lowest BCUT2D eigenvalue weighted by Crippen LogP contribution is -2.44. The van der Waals surface area contributed by atoms with Gasteiger partial charge in [0.2, 0.25) is 5.91 Å². The molecule has 2 heterocycles. The molecule has 1 atom stereocenters. The van der Waals surface area contributed by atoms with E-state index in [1.165, 1.54) is 11.3 Å². The average molecular weight is 346 g/mol. The Labute approximate surface area is 143 Å². The predicted octanol–water partition coefficient (Wildman–Crippen LogP) is 3.52. The molecule has 1 aliphatic heterocycles. The van der Waals surface area contributed by atoms with Gasteiger partial charge < -0.3 is 10.2 Å². The summed E-state index contributed by atoms with van der Waals surface area (Å²) < 4.78 is 0. The van der Waals surface area contributed by atoms with Crippen molar-refractivity contribution in [2.45, 2.75) is 19.9 Å². The van der Waals surface area contributed by atoms with E-state index >= 15 is 0 Å². The molecule has 6 heteroatoms. The van der Waals surface area contributed by atoms with Gasteiger partial charge in [0.1, 0.15) is 6.04 Å². The summed E-state index contributed by atoms with van der Waals surface area (Å²) in [6.45, 7) is 4.01. The Bertz CT molecular complexity index is 728. The molecule has 1 N–H and O–H groups in total. The molecular weight excluding hydrogens is 328 g/mol. The van der Waals surface area contributed by atoms with Crippen molar-refractivity contribution >= 4 is 40.6 Å². The highest BCUT2D eigenvalue weighted by molar-refractivity contribution is 7.99. The van der Waals surface area contributed by atoms with Gasteiger partial charge in [-0.15, -0.1) is 23.1 Å². The molecule has 0 aliphatic carbocycles. The normalized spacial score (nSPS) is 17.3. The topological polar surface area (TPSA) is 49.4 Å². The van der Waals surface area contributed by atoms with Gasteiger partial charge in [0.05, 0.1) is 10.8 Å². The Morgan fingerprint density at radius 2 is 2.04 bits per heavy atom. The molecule has 4 nitrogen and oxygen atoms in total. The molecule has 2 aromatic rings. The van der Waals surface area contributed by atoms with Crippen LogP contribution < -0.4 is 5.32 Å². The molecular formula is C17H18N2O2S2. The molecule has 3 rings (SSSR count). The fourth-order valence-corrected chi connectivity index (χ4v) is 4.34. The molecule has 1 saturated heterocycles. The van der Waals surface area contributed by atoms with E-state index in [0.29, 0.717) is 16.5 Å². The van der Waals surface area contributed by atoms with Crippen LogP contribution in [-0.4, -0.2) is 34.4 Å². The minimum Gasteiger partial charge on any atom is -0.324 e. The summed E-state index contributed by atoms with van der Waals surface area (Å²) in [5.74, 6) is 1.01. The summed E-state index contributed by atoms with van der Waals surface area (Å²) >= 11 is 3.02. The Kier molecular flexibility index (Phi) is 4.73. The average Bonchev–Trinajstić information content (AvgIpc) is 3.21. The largest absolute Gasteiger partial charge is 0.324 e. The number of aryl methyl sites for hydroxylation is 1. The van der Waals surface area contributed by atoms with Crippen molar-refractivity contribution in [2.24, 2.45) is 0 Å². The summed E-state index contributed by atoms with van der Waals surface area (Å²) in [4.78, 5) is 27.5. The molecule has 0 bridgehead atoms. The third-order valence-electron chi connectivity index (χ3n) is 4.04. The second-order valence-electron chi connectivity index (χ2n) is 5.50. The highest BCUT2D eigenvalue weighted by atomic mass is 32.2. The zero-order chi connectivity index (χ0) is 16.4. The van der Waals surface area contributed by atoms with E-state index < -0.39 is 6.04 Å². The van der Waals surface area contributed by atoms with Gasteiger partial charge >= 0.3 is 0 Å². The Balaban J connectivity index is 1.76. The number of hydrogen-bond acceptors (Lipinski definition) is 4. The molecule has 1 fully saturated rings. The molecule has 0 saturated carbocycles. The maximum absolute atomic E-state index is 12.6. The third kappa shape index (κ3) is 3.28. The van der Waals surface area contributed by atoms with Crippen LogP contribution in [0.25, 0.3) is 0 Å². The van der Waals surface area contributed by atoms with Crippen LogP contribution in [0, 0.1) is 13.8 Å². The summed E-state index contributed by atoms with van der Waals surface area (Å²) in [5, 5.41) is 4.86. The van der Waals surface area contributed by atoms with Crippen molar-refractivity contribution in [1.29, 1.82) is 0 Å². The monoisotopic (exact) mass is 346 g/mol. The Morgan fingerprint density at radius 3 is 2.78 bits per heavy atom. The van der Waals surface area contributed by atoms with E-state index in [1.807, 2.05) is 43.5 Å². The molecule has 23 heavy (non-hydrogen) atoms. The quantitative estimate of drug-likeness (QED) is 0.925. The van der Waals surface area contributed by atoms with Gasteiger partial charge in [-0.1, -0.05) is 18.2 Å². The molecule has 0 spiro atoms. The molecule has 120 valence electrons. The van der Waals surface area contributed by atoms with Crippen LogP contribution in [0.2, 0.25) is 0 Å². The maximum Gasteiger partial charge on any atom is 0.265 e. The first kappa shape index (κ1) is 16.1. The first-order valence-corrected chi connectivity index (χ1v) is 9.40. The first-order chi connectivity index (χ1) is 11.1. The predicted molar refractivity (Wildman–Crippen MR) is 96.1 cm³/mol. The van der Waals surface area contributed by atoms with Crippen LogP contribution in [0.1, 0.15) is 20.8 Å². The van der Waals surface area contributed by atoms with Gasteiger partial charge in [0, 0.05) is 11.4 Å². The number of anilines is 1. The second kappa shape index (κ2) is 6.76. The lowest BCUT2D eigenvalue weighted by atomic mass is 10.1. The number of thiophene rings is 1. The van der Waals surface area contributed by atoms with Crippen LogP contribution in [0.15, 0.2) is 35.7 Å². The SMILES string of the molecule is Cc1cccc(NC(=O)[C@@H]2CSCN2C(=O)c2cccs2)c1C. The molecule has 1 aromatic heterocycles. The smallest absolute Gasteiger partial charge is 0.265 e. The minimum absolute atomic E-state index is 0.0638. The van der Waals surface area contributed by atoms with Gasteiger partial charge in [-0.25, -0.2) is 0 Å². The van der Waals surface area contributed by atoms with Gasteiger partial charge in [-0.3, -0.25) is 9.59 Å². The van der Waals surface area contributed by atoms with Gasteiger partial charge in [-0.2, -0.15) is 0 Å². The Morgan fingerprint density at radius 1 is 1.22 bits per heavy atom. The van der Waals surface area contributed by atoms with E-state index in [2.05, 4.69) is 5.32 Å². The van der Waals surface area contributed by atoms with Gasteiger partial charge in [-0.05, 0) is 42.5 Å². The van der Waals surface area contributed by atoms with Crippen LogP contribution in [0.4, 0.5) is 5.69 Å². The van der Waals surface area contributed by atoms with Crippen LogP contribution in [-0.2, 0) is 4.79 Å². The molecule has 2 amide bonds. The van der Waals surface area contributed by atoms with E-state index in [0.717, 1.165) is 16.8 Å². The second-order valence-corrected chi connectivity index (χ2v) is 7.45. The molecule has 0 unspecified atom stereocenters. The van der Waals surface area contributed by atoms with Gasteiger partial charge in [0.15, 0.2) is 0 Å². The number of benzene rings is 1. The molecule has 1 aliphatic rings. The number of hydrogen-bond donors (Lipinski definition) is 1. The number of amides is 2. The summed E-state index contributed by atoms with van der Waals surface area (Å²) in [6.07, 6.45) is 0. The lowest BCUT2D eigenvalue weighted by molar-refractivity contribution is -0.119. The van der Waals surface area contributed by atoms with E-state index in [4.69, 9.17) is 0 Å². The zero-order valence-electron chi connectivity index (χ0n) is 13.0. The summed E-state index contributed by atoms with van der Waals surface area (Å²) in [6, 6.07) is 9.07. The van der Waals surface area contributed by atoms with Crippen molar-refractivity contribution in [3.63, 3.8) is 0 Å². The highest BCUT2D eigenvalue weighted by Crippen LogP contribution is 2.26. The number of carbonyl (C=O) groups excluding carboxylic acids is 2. The fourth-order valence-electron chi connectivity index (χ4n) is 2.50. The van der Waals surface area contributed by atoms with E-state index in [-0.39, 0.29) is 11.8 Å². The number of rotatable bonds is 3. The number of carbonyl (C=O) groups is 2. The maximum atomic E-state index is 12.6. The van der Waals surface area contributed by atoms with Crippen molar-refractivity contribution in [2.75, 3.05) is 16.9 Å². The fraction of sp³-hybridized carbons (Fsp3) is 0.294. The lowest BCUT2D eigenvalue weighted by Gasteiger charge is -2.23. The number of nitrogens with one attached hydrogen (secondary N) is 1. The van der Waals surface area contributed by atoms with Crippen LogP contribution in [0.3, 0.4) is 0 Å². The van der Waals surface area contributed by atoms with Crippen molar-refractivity contribution < 1.29 is 9.59 Å². The Hall–Kier alpha value is -1.79. The van der Waals surface area contributed by atoms with Crippen molar-refractivity contribution in [3.05, 3.63) is 51.7 Å². The highest BCUT2D eigenvalue weighted by Gasteiger charge is 2.35. The minimum atomic E-state index is -0.422. The standard InChI is InChI=1S/C17H18N2O2S2/c1-11-5-3-6-13(12(11)2)18-16(20)14-9-22-10-19(14)17(21)15-7-4-8-23-15/h3-8,14H,9-10H2,1-2H3,(H,18,20)/t14-/m0/s1. The van der Waals surface area contributed by atoms with Gasteiger partial charge in [0.25, 0.3) is 5.91 Å². The zero-order valence-corrected chi connectivity index (χ0v) is 14.7. The van der Waals surface area contributed by atoms with E-state index in [1.54, 1.807) is 22.7 Å². The third-order valence-corrected chi connectivity index (χ3v) is 5.91.